The molecule has 1 saturated heterocycles. The monoisotopic (exact) mass is 516 g/mol. The minimum atomic E-state index is -0.826. The Morgan fingerprint density at radius 1 is 1.15 bits per heavy atom. The van der Waals surface area contributed by atoms with Gasteiger partial charge in [0.1, 0.15) is 5.57 Å². The standard InChI is InChI=1S/C23H21BrN2O7/c1-4-32-19(27)12-33-20-17(24)10-14(11-18(20)31-3)9-16-21(28)25-23(30)26(22(16)29)15-7-5-13(2)6-8-15/h5-11H,4,12H2,1-3H3,(H,25,28,30)/b16-9+. The zero-order chi connectivity index (χ0) is 24.1. The third-order valence-electron chi connectivity index (χ3n) is 4.60. The first-order valence-corrected chi connectivity index (χ1v) is 10.7. The van der Waals surface area contributed by atoms with E-state index < -0.39 is 23.8 Å². The predicted molar refractivity (Wildman–Crippen MR) is 123 cm³/mol. The Kier molecular flexibility index (Phi) is 7.49. The molecule has 2 aromatic rings. The fourth-order valence-corrected chi connectivity index (χ4v) is 3.62. The molecule has 0 spiro atoms. The second-order valence-electron chi connectivity index (χ2n) is 6.92. The van der Waals surface area contributed by atoms with Gasteiger partial charge in [0.05, 0.1) is 23.9 Å². The third-order valence-corrected chi connectivity index (χ3v) is 5.19. The SMILES string of the molecule is CCOC(=O)COc1c(Br)cc(/C=C2\C(=O)NC(=O)N(c3ccc(C)cc3)C2=O)cc1OC. The van der Waals surface area contributed by atoms with Crippen LogP contribution in [0.4, 0.5) is 10.5 Å². The predicted octanol–water partition coefficient (Wildman–Crippen LogP) is 3.37. The Morgan fingerprint density at radius 2 is 1.85 bits per heavy atom. The number of amides is 4. The normalized spacial score (nSPS) is 14.8. The molecular weight excluding hydrogens is 496 g/mol. The maximum atomic E-state index is 13.0. The van der Waals surface area contributed by atoms with Gasteiger partial charge in [-0.3, -0.25) is 14.9 Å². The molecule has 0 unspecified atom stereocenters. The van der Waals surface area contributed by atoms with Crippen molar-refractivity contribution in [2.24, 2.45) is 0 Å². The molecule has 1 fully saturated rings. The maximum Gasteiger partial charge on any atom is 0.344 e. The van der Waals surface area contributed by atoms with Crippen LogP contribution in [0.2, 0.25) is 0 Å². The zero-order valence-electron chi connectivity index (χ0n) is 18.1. The lowest BCUT2D eigenvalue weighted by atomic mass is 10.1. The average Bonchev–Trinajstić information content (AvgIpc) is 2.77. The number of esters is 1. The van der Waals surface area contributed by atoms with Gasteiger partial charge in [0.15, 0.2) is 18.1 Å². The van der Waals surface area contributed by atoms with E-state index in [4.69, 9.17) is 14.2 Å². The summed E-state index contributed by atoms with van der Waals surface area (Å²) in [5.74, 6) is -1.60. The number of hydrogen-bond acceptors (Lipinski definition) is 7. The zero-order valence-corrected chi connectivity index (χ0v) is 19.7. The van der Waals surface area contributed by atoms with Crippen LogP contribution in [-0.2, 0) is 19.1 Å². The summed E-state index contributed by atoms with van der Waals surface area (Å²) in [6.45, 7) is 3.47. The average molecular weight is 517 g/mol. The summed E-state index contributed by atoms with van der Waals surface area (Å²) in [6.07, 6.45) is 1.34. The largest absolute Gasteiger partial charge is 0.493 e. The van der Waals surface area contributed by atoms with Gasteiger partial charge in [-0.25, -0.2) is 14.5 Å². The van der Waals surface area contributed by atoms with E-state index in [1.807, 2.05) is 6.92 Å². The van der Waals surface area contributed by atoms with Crippen molar-refractivity contribution in [1.29, 1.82) is 0 Å². The Balaban J connectivity index is 1.93. The summed E-state index contributed by atoms with van der Waals surface area (Å²) in [7, 11) is 1.41. The minimum absolute atomic E-state index is 0.227. The number of benzene rings is 2. The Morgan fingerprint density at radius 3 is 2.48 bits per heavy atom. The first-order valence-electron chi connectivity index (χ1n) is 9.89. The fraction of sp³-hybridized carbons (Fsp3) is 0.217. The molecule has 1 heterocycles. The number of carbonyl (C=O) groups excluding carboxylic acids is 4. The number of rotatable bonds is 7. The number of halogens is 1. The number of ether oxygens (including phenoxy) is 3. The second kappa shape index (κ2) is 10.3. The number of urea groups is 1. The van der Waals surface area contributed by atoms with Crippen LogP contribution < -0.4 is 19.7 Å². The van der Waals surface area contributed by atoms with Crippen molar-refractivity contribution in [1.82, 2.24) is 5.32 Å². The summed E-state index contributed by atoms with van der Waals surface area (Å²) in [5, 5.41) is 2.18. The summed E-state index contributed by atoms with van der Waals surface area (Å²) >= 11 is 3.35. The van der Waals surface area contributed by atoms with E-state index >= 15 is 0 Å². The van der Waals surface area contributed by atoms with Crippen LogP contribution in [0.3, 0.4) is 0 Å². The van der Waals surface area contributed by atoms with Crippen LogP contribution in [0.5, 0.6) is 11.5 Å². The Hall–Kier alpha value is -3.66. The van der Waals surface area contributed by atoms with Gasteiger partial charge in [-0.05, 0) is 65.7 Å². The quantitative estimate of drug-likeness (QED) is 0.341. The van der Waals surface area contributed by atoms with E-state index in [0.717, 1.165) is 10.5 Å². The summed E-state index contributed by atoms with van der Waals surface area (Å²) in [4.78, 5) is 50.3. The molecule has 0 aromatic heterocycles. The number of imide groups is 2. The van der Waals surface area contributed by atoms with Gasteiger partial charge in [0.25, 0.3) is 11.8 Å². The molecular formula is C23H21BrN2O7. The lowest BCUT2D eigenvalue weighted by Gasteiger charge is -2.26. The molecule has 33 heavy (non-hydrogen) atoms. The molecule has 3 rings (SSSR count). The molecule has 1 N–H and O–H groups in total. The number of nitrogens with one attached hydrogen (secondary N) is 1. The van der Waals surface area contributed by atoms with Crippen molar-refractivity contribution in [2.45, 2.75) is 13.8 Å². The van der Waals surface area contributed by atoms with Gasteiger partial charge >= 0.3 is 12.0 Å². The molecule has 0 aliphatic carbocycles. The van der Waals surface area contributed by atoms with Gasteiger partial charge in [0.2, 0.25) is 0 Å². The highest BCUT2D eigenvalue weighted by atomic mass is 79.9. The van der Waals surface area contributed by atoms with E-state index in [2.05, 4.69) is 21.2 Å². The van der Waals surface area contributed by atoms with Crippen molar-refractivity contribution in [3.05, 3.63) is 57.6 Å². The maximum absolute atomic E-state index is 13.0. The first kappa shape index (κ1) is 24.0. The molecule has 172 valence electrons. The van der Waals surface area contributed by atoms with Crippen LogP contribution in [0, 0.1) is 6.92 Å². The summed E-state index contributed by atoms with van der Waals surface area (Å²) < 4.78 is 16.1. The van der Waals surface area contributed by atoms with Gasteiger partial charge in [-0.2, -0.15) is 0 Å². The molecule has 9 nitrogen and oxygen atoms in total. The molecule has 0 saturated carbocycles. The number of nitrogens with zero attached hydrogens (tertiary/aromatic N) is 1. The lowest BCUT2D eigenvalue weighted by molar-refractivity contribution is -0.145. The molecule has 4 amide bonds. The molecule has 1 aliphatic heterocycles. The van der Waals surface area contributed by atoms with Gasteiger partial charge in [-0.15, -0.1) is 0 Å². The van der Waals surface area contributed by atoms with Crippen molar-refractivity contribution < 1.29 is 33.4 Å². The van der Waals surface area contributed by atoms with Crippen LogP contribution in [-0.4, -0.2) is 44.1 Å². The van der Waals surface area contributed by atoms with E-state index in [1.165, 1.54) is 19.3 Å². The topological polar surface area (TPSA) is 111 Å². The summed E-state index contributed by atoms with van der Waals surface area (Å²) in [6, 6.07) is 9.05. The Labute approximate surface area is 198 Å². The van der Waals surface area contributed by atoms with E-state index in [1.54, 1.807) is 37.3 Å². The number of aryl methyl sites for hydroxylation is 1. The van der Waals surface area contributed by atoms with Crippen LogP contribution in [0.15, 0.2) is 46.4 Å². The lowest BCUT2D eigenvalue weighted by Crippen LogP contribution is -2.54. The van der Waals surface area contributed by atoms with Gasteiger partial charge in [0, 0.05) is 0 Å². The smallest absolute Gasteiger partial charge is 0.344 e. The Bertz CT molecular complexity index is 1140. The molecule has 0 radical (unpaired) electrons. The number of carbonyl (C=O) groups is 4. The molecule has 0 atom stereocenters. The second-order valence-corrected chi connectivity index (χ2v) is 7.78. The highest BCUT2D eigenvalue weighted by Crippen LogP contribution is 2.37. The number of methoxy groups -OCH3 is 1. The molecule has 0 bridgehead atoms. The van der Waals surface area contributed by atoms with Gasteiger partial charge in [-0.1, -0.05) is 17.7 Å². The van der Waals surface area contributed by atoms with Crippen molar-refractivity contribution in [3.63, 3.8) is 0 Å². The number of anilines is 1. The highest BCUT2D eigenvalue weighted by molar-refractivity contribution is 9.10. The van der Waals surface area contributed by atoms with Crippen LogP contribution in [0.25, 0.3) is 6.08 Å². The van der Waals surface area contributed by atoms with Crippen molar-refractivity contribution >= 4 is 51.5 Å². The minimum Gasteiger partial charge on any atom is -0.493 e. The molecule has 2 aromatic carbocycles. The fourth-order valence-electron chi connectivity index (χ4n) is 3.05. The van der Waals surface area contributed by atoms with E-state index in [0.29, 0.717) is 15.7 Å². The third kappa shape index (κ3) is 5.40. The van der Waals surface area contributed by atoms with Crippen LogP contribution >= 0.6 is 15.9 Å². The van der Waals surface area contributed by atoms with Crippen molar-refractivity contribution in [3.8, 4) is 11.5 Å². The molecule has 1 aliphatic rings. The van der Waals surface area contributed by atoms with Crippen LogP contribution in [0.1, 0.15) is 18.1 Å². The first-order chi connectivity index (χ1) is 15.7. The van der Waals surface area contributed by atoms with E-state index in [-0.39, 0.29) is 30.3 Å². The van der Waals surface area contributed by atoms with Gasteiger partial charge < -0.3 is 14.2 Å². The van der Waals surface area contributed by atoms with E-state index in [9.17, 15) is 19.2 Å². The highest BCUT2D eigenvalue weighted by Gasteiger charge is 2.36. The number of hydrogen-bond donors (Lipinski definition) is 1. The molecule has 10 heteroatoms. The van der Waals surface area contributed by atoms with Crippen molar-refractivity contribution in [2.75, 3.05) is 25.2 Å². The summed E-state index contributed by atoms with van der Waals surface area (Å²) in [5.41, 5.74) is 1.49. The number of barbiturate groups is 1.